The Morgan fingerprint density at radius 1 is 1.55 bits per heavy atom. The van der Waals surface area contributed by atoms with Gasteiger partial charge in [-0.1, -0.05) is 23.8 Å². The fourth-order valence-electron chi connectivity index (χ4n) is 0.392. The number of thiol groups is 1. The van der Waals surface area contributed by atoms with Gasteiger partial charge >= 0.3 is 59.1 Å². The summed E-state index contributed by atoms with van der Waals surface area (Å²) in [7, 11) is 0. The second-order valence-electron chi connectivity index (χ2n) is 1.33. The first-order valence-corrected chi connectivity index (χ1v) is 3.73. The molecule has 11 heavy (non-hydrogen) atoms. The first kappa shape index (κ1) is 15.2. The first-order chi connectivity index (χ1) is 4.25. The quantitative estimate of drug-likeness (QED) is 0.266. The molecule has 1 aromatic heterocycles. The Kier molecular flexibility index (Phi) is 9.83. The first-order valence-electron chi connectivity index (χ1n) is 2.06. The third-order valence-corrected chi connectivity index (χ3v) is 2.43. The average molecular weight is 220 g/mol. The van der Waals surface area contributed by atoms with E-state index in [1.54, 1.807) is 0 Å². The Morgan fingerprint density at radius 3 is 2.27 bits per heavy atom. The molecule has 7 heteroatoms. The van der Waals surface area contributed by atoms with Crippen LogP contribution in [0.1, 0.15) is 5.56 Å². The minimum Gasteiger partial charge on any atom is -0.300 e. The molecule has 0 fully saturated rings. The molecule has 2 nitrogen and oxygen atoms in total. The van der Waals surface area contributed by atoms with Crippen molar-refractivity contribution in [2.24, 2.45) is 0 Å². The fourth-order valence-corrected chi connectivity index (χ4v) is 1.65. The van der Waals surface area contributed by atoms with Gasteiger partial charge in [0, 0.05) is 0 Å². The molecule has 1 N–H and O–H groups in total. The molecule has 0 amide bonds. The summed E-state index contributed by atoms with van der Waals surface area (Å²) < 4.78 is 3.88. The van der Waals surface area contributed by atoms with Gasteiger partial charge in [0.1, 0.15) is 16.3 Å². The summed E-state index contributed by atoms with van der Waals surface area (Å²) in [6.07, 6.45) is 0. The maximum absolute atomic E-state index is 8.41. The van der Waals surface area contributed by atoms with Crippen LogP contribution >= 0.6 is 36.4 Å². The largest absolute Gasteiger partial charge is 1.00 e. The van der Waals surface area contributed by atoms with Crippen LogP contribution in [-0.2, 0) is 0 Å². The number of aromatic nitrogens is 1. The molecule has 1 rings (SSSR count). The van der Waals surface area contributed by atoms with E-state index in [2.05, 4.69) is 17.0 Å². The molecule has 0 atom stereocenters. The number of nitrogens with zero attached hydrogens (tertiary/aromatic N) is 1. The van der Waals surface area contributed by atoms with Crippen LogP contribution in [0.15, 0.2) is 4.21 Å². The maximum atomic E-state index is 8.41. The fraction of sp³-hybridized carbons (Fsp3) is 0. The average Bonchev–Trinajstić information content (AvgIpc) is 2.12. The predicted molar refractivity (Wildman–Crippen MR) is 41.5 cm³/mol. The van der Waals surface area contributed by atoms with Crippen molar-refractivity contribution in [1.82, 2.24) is 4.37 Å². The van der Waals surface area contributed by atoms with Crippen molar-refractivity contribution >= 4 is 36.4 Å². The van der Waals surface area contributed by atoms with E-state index in [4.69, 9.17) is 17.5 Å². The third kappa shape index (κ3) is 3.94. The molecule has 0 aromatic carbocycles. The molecule has 0 saturated heterocycles. The number of H-pyrrole nitrogens is 1. The standard InChI is InChI=1S/C4H2N2S3.2Na/c5-1-2-3(7)6-9-4(2)8;;/h8H,(H,6,7);;/q;2*+1. The summed E-state index contributed by atoms with van der Waals surface area (Å²) in [5, 5.41) is 8.41. The van der Waals surface area contributed by atoms with Crippen molar-refractivity contribution in [3.05, 3.63) is 10.2 Å². The van der Waals surface area contributed by atoms with E-state index < -0.39 is 0 Å². The molecule has 46 valence electrons. The van der Waals surface area contributed by atoms with Gasteiger partial charge < -0.3 is 0 Å². The van der Waals surface area contributed by atoms with Crippen LogP contribution in [0.4, 0.5) is 0 Å². The van der Waals surface area contributed by atoms with E-state index in [1.807, 2.05) is 6.07 Å². The Balaban J connectivity index is 0. The van der Waals surface area contributed by atoms with E-state index in [-0.39, 0.29) is 59.1 Å². The van der Waals surface area contributed by atoms with E-state index >= 15 is 0 Å². The van der Waals surface area contributed by atoms with Crippen molar-refractivity contribution in [1.29, 1.82) is 5.26 Å². The summed E-state index contributed by atoms with van der Waals surface area (Å²) in [5.74, 6) is 0. The number of aromatic amines is 1. The molecule has 0 aliphatic carbocycles. The molecular weight excluding hydrogens is 218 g/mol. The zero-order chi connectivity index (χ0) is 6.85. The topological polar surface area (TPSA) is 39.6 Å². The van der Waals surface area contributed by atoms with Gasteiger partial charge in [-0.3, -0.25) is 4.37 Å². The summed E-state index contributed by atoms with van der Waals surface area (Å²) in [4.78, 5) is 0. The van der Waals surface area contributed by atoms with Crippen molar-refractivity contribution < 1.29 is 59.1 Å². The number of rotatable bonds is 0. The van der Waals surface area contributed by atoms with Crippen molar-refractivity contribution in [3.8, 4) is 6.07 Å². The predicted octanol–water partition coefficient (Wildman–Crippen LogP) is -4.03. The molecule has 1 heterocycles. The summed E-state index contributed by atoms with van der Waals surface area (Å²) in [5.41, 5.74) is 0.471. The minimum atomic E-state index is 0. The number of hydrogen-bond acceptors (Lipinski definition) is 4. The molecule has 0 aliphatic heterocycles. The molecule has 0 spiro atoms. The van der Waals surface area contributed by atoms with Crippen LogP contribution in [0, 0.1) is 16.0 Å². The van der Waals surface area contributed by atoms with Gasteiger partial charge in [-0.25, -0.2) is 0 Å². The zero-order valence-corrected chi connectivity index (χ0v) is 12.7. The minimum absolute atomic E-state index is 0. The van der Waals surface area contributed by atoms with Crippen LogP contribution < -0.4 is 59.1 Å². The van der Waals surface area contributed by atoms with Crippen LogP contribution in [0.2, 0.25) is 0 Å². The van der Waals surface area contributed by atoms with Crippen LogP contribution in [0.3, 0.4) is 0 Å². The second kappa shape index (κ2) is 7.13. The van der Waals surface area contributed by atoms with Gasteiger partial charge in [0.25, 0.3) is 0 Å². The van der Waals surface area contributed by atoms with E-state index in [9.17, 15) is 0 Å². The monoisotopic (exact) mass is 220 g/mol. The number of nitrogens with one attached hydrogen (secondary N) is 1. The Labute approximate surface area is 124 Å². The van der Waals surface area contributed by atoms with Crippen molar-refractivity contribution in [3.63, 3.8) is 0 Å². The summed E-state index contributed by atoms with van der Waals surface area (Å²) in [6.45, 7) is 0. The molecule has 0 aliphatic rings. The molecule has 0 unspecified atom stereocenters. The number of hydrogen-bond donors (Lipinski definition) is 2. The van der Waals surface area contributed by atoms with Gasteiger partial charge in [-0.15, -0.1) is 12.6 Å². The zero-order valence-electron chi connectivity index (χ0n) is 6.21. The Bertz CT molecular complexity index is 310. The van der Waals surface area contributed by atoms with E-state index in [0.717, 1.165) is 0 Å². The van der Waals surface area contributed by atoms with Crippen LogP contribution in [0.25, 0.3) is 0 Å². The van der Waals surface area contributed by atoms with E-state index in [0.29, 0.717) is 14.4 Å². The smallest absolute Gasteiger partial charge is 0.300 e. The Hall–Kier alpha value is 1.69. The molecular formula is C4H2N2Na2S3+2. The van der Waals surface area contributed by atoms with E-state index in [1.165, 1.54) is 11.5 Å². The maximum Gasteiger partial charge on any atom is 1.00 e. The SMILES string of the molecule is N#Cc1c(S)s[nH]c1=S.[Na+].[Na+]. The van der Waals surface area contributed by atoms with Crippen molar-refractivity contribution in [2.45, 2.75) is 4.21 Å². The van der Waals surface area contributed by atoms with Gasteiger partial charge in [0.05, 0.1) is 4.21 Å². The second-order valence-corrected chi connectivity index (χ2v) is 3.30. The van der Waals surface area contributed by atoms with Crippen LogP contribution in [0.5, 0.6) is 0 Å². The molecule has 0 saturated carbocycles. The summed E-state index contributed by atoms with van der Waals surface area (Å²) >= 11 is 10.0. The van der Waals surface area contributed by atoms with Gasteiger partial charge in [-0.05, 0) is 0 Å². The Morgan fingerprint density at radius 2 is 2.09 bits per heavy atom. The van der Waals surface area contributed by atoms with Crippen molar-refractivity contribution in [2.75, 3.05) is 0 Å². The molecule has 0 radical (unpaired) electrons. The molecule has 1 aromatic rings. The van der Waals surface area contributed by atoms with Gasteiger partial charge in [0.2, 0.25) is 0 Å². The normalized spacial score (nSPS) is 7.27. The van der Waals surface area contributed by atoms with Gasteiger partial charge in [-0.2, -0.15) is 5.26 Å². The van der Waals surface area contributed by atoms with Gasteiger partial charge in [0.15, 0.2) is 0 Å². The summed E-state index contributed by atoms with van der Waals surface area (Å²) in [6, 6.07) is 1.94. The molecule has 0 bridgehead atoms. The third-order valence-electron chi connectivity index (χ3n) is 0.793. The van der Waals surface area contributed by atoms with Crippen LogP contribution in [-0.4, -0.2) is 4.37 Å². The number of nitriles is 1.